The Labute approximate surface area is 151 Å². The molecule has 0 saturated carbocycles. The van der Waals surface area contributed by atoms with Gasteiger partial charge in [0.25, 0.3) is 0 Å². The Balaban J connectivity index is 1.84. The molecule has 0 bridgehead atoms. The van der Waals surface area contributed by atoms with Crippen LogP contribution < -0.4 is 10.1 Å². The molecule has 6 heteroatoms. The van der Waals surface area contributed by atoms with Gasteiger partial charge >= 0.3 is 5.97 Å². The fourth-order valence-electron chi connectivity index (χ4n) is 2.31. The lowest BCUT2D eigenvalue weighted by atomic mass is 10.0. The topological polar surface area (TPSA) is 75.6 Å². The van der Waals surface area contributed by atoms with Gasteiger partial charge in [0.15, 0.2) is 0 Å². The van der Waals surface area contributed by atoms with Crippen LogP contribution in [-0.4, -0.2) is 29.8 Å². The Morgan fingerprint density at radius 3 is 2.40 bits per heavy atom. The van der Waals surface area contributed by atoms with Gasteiger partial charge in [-0.25, -0.2) is 0 Å². The molecule has 0 fully saturated rings. The first-order chi connectivity index (χ1) is 12.1. The lowest BCUT2D eigenvalue weighted by Crippen LogP contribution is -2.30. The summed E-state index contributed by atoms with van der Waals surface area (Å²) in [5.74, 6) is 0.312. The number of rotatable bonds is 9. The zero-order valence-corrected chi connectivity index (χ0v) is 14.8. The molecule has 2 N–H and O–H groups in total. The molecule has 25 heavy (non-hydrogen) atoms. The molecule has 0 aliphatic rings. The predicted molar refractivity (Wildman–Crippen MR) is 97.9 cm³/mol. The predicted octanol–water partition coefficient (Wildman–Crippen LogP) is 3.51. The highest BCUT2D eigenvalue weighted by atomic mass is 32.2. The minimum atomic E-state index is -0.943. The third-order valence-electron chi connectivity index (χ3n) is 3.57. The lowest BCUT2D eigenvalue weighted by molar-refractivity contribution is -0.137. The first kappa shape index (κ1) is 18.9. The summed E-state index contributed by atoms with van der Waals surface area (Å²) in [6.07, 6.45) is 0.182. The van der Waals surface area contributed by atoms with Crippen molar-refractivity contribution in [2.75, 3.05) is 12.9 Å². The fourth-order valence-corrected chi connectivity index (χ4v) is 3.16. The van der Waals surface area contributed by atoms with E-state index < -0.39 is 12.0 Å². The van der Waals surface area contributed by atoms with Gasteiger partial charge in [-0.3, -0.25) is 9.59 Å². The zero-order valence-electron chi connectivity index (χ0n) is 14.0. The van der Waals surface area contributed by atoms with Crippen LogP contribution in [-0.2, 0) is 9.59 Å². The van der Waals surface area contributed by atoms with Gasteiger partial charge in [-0.2, -0.15) is 0 Å². The first-order valence-corrected chi connectivity index (χ1v) is 8.90. The summed E-state index contributed by atoms with van der Waals surface area (Å²) in [5.41, 5.74) is 0.793. The van der Waals surface area contributed by atoms with Crippen LogP contribution in [0.25, 0.3) is 0 Å². The van der Waals surface area contributed by atoms with Gasteiger partial charge in [0, 0.05) is 17.1 Å². The van der Waals surface area contributed by atoms with E-state index in [4.69, 9.17) is 9.84 Å². The summed E-state index contributed by atoms with van der Waals surface area (Å²) in [6.45, 7) is 0. The van der Waals surface area contributed by atoms with Crippen molar-refractivity contribution in [1.82, 2.24) is 5.32 Å². The number of thioether (sulfide) groups is 1. The molecule has 1 atom stereocenters. The molecule has 2 rings (SSSR count). The van der Waals surface area contributed by atoms with E-state index in [-0.39, 0.29) is 12.3 Å². The number of amides is 1. The number of carbonyl (C=O) groups is 2. The Bertz CT molecular complexity index is 688. The number of aliphatic carboxylic acids is 1. The summed E-state index contributed by atoms with van der Waals surface area (Å²) in [5, 5.41) is 11.9. The Hall–Kier alpha value is -2.47. The van der Waals surface area contributed by atoms with E-state index >= 15 is 0 Å². The van der Waals surface area contributed by atoms with Crippen molar-refractivity contribution < 1.29 is 19.4 Å². The average molecular weight is 359 g/mol. The molecule has 0 heterocycles. The molecule has 1 unspecified atom stereocenters. The largest absolute Gasteiger partial charge is 0.497 e. The Morgan fingerprint density at radius 2 is 1.80 bits per heavy atom. The Kier molecular flexibility index (Phi) is 7.35. The molecular weight excluding hydrogens is 338 g/mol. The lowest BCUT2D eigenvalue weighted by Gasteiger charge is -2.17. The zero-order chi connectivity index (χ0) is 18.1. The number of methoxy groups -OCH3 is 1. The maximum absolute atomic E-state index is 12.2. The van der Waals surface area contributed by atoms with E-state index in [1.165, 1.54) is 0 Å². The maximum atomic E-state index is 12.2. The van der Waals surface area contributed by atoms with Crippen LogP contribution in [0, 0.1) is 0 Å². The number of carboxylic acid groups (broad SMARTS) is 1. The van der Waals surface area contributed by atoms with E-state index in [0.29, 0.717) is 12.2 Å². The molecule has 0 aromatic heterocycles. The van der Waals surface area contributed by atoms with Crippen molar-refractivity contribution >= 4 is 23.6 Å². The molecular formula is C19H21NO4S. The van der Waals surface area contributed by atoms with E-state index in [1.54, 1.807) is 18.9 Å². The smallest absolute Gasteiger partial charge is 0.305 e. The molecule has 2 aromatic carbocycles. The first-order valence-electron chi connectivity index (χ1n) is 7.91. The highest BCUT2D eigenvalue weighted by molar-refractivity contribution is 7.99. The molecule has 132 valence electrons. The van der Waals surface area contributed by atoms with Gasteiger partial charge in [-0.15, -0.1) is 11.8 Å². The molecule has 0 spiro atoms. The van der Waals surface area contributed by atoms with Gasteiger partial charge in [0.1, 0.15) is 5.75 Å². The van der Waals surface area contributed by atoms with Gasteiger partial charge < -0.3 is 15.2 Å². The summed E-state index contributed by atoms with van der Waals surface area (Å²) in [7, 11) is 1.62. The fraction of sp³-hybridized carbons (Fsp3) is 0.263. The van der Waals surface area contributed by atoms with Crippen LogP contribution in [0.15, 0.2) is 59.5 Å². The van der Waals surface area contributed by atoms with Crippen LogP contribution >= 0.6 is 11.8 Å². The standard InChI is InChI=1S/C19H21NO4S/c1-24-15-7-9-16(10-8-15)25-12-11-18(21)20-17(13-19(22)23)14-5-3-2-4-6-14/h2-10,17H,11-13H2,1H3,(H,20,21)(H,22,23). The molecule has 0 saturated heterocycles. The van der Waals surface area contributed by atoms with Crippen LogP contribution in [0.5, 0.6) is 5.75 Å². The monoisotopic (exact) mass is 359 g/mol. The normalized spacial score (nSPS) is 11.6. The van der Waals surface area contributed by atoms with E-state index in [2.05, 4.69) is 5.32 Å². The highest BCUT2D eigenvalue weighted by Gasteiger charge is 2.17. The van der Waals surface area contributed by atoms with Crippen LogP contribution in [0.3, 0.4) is 0 Å². The third-order valence-corrected chi connectivity index (χ3v) is 4.59. The quantitative estimate of drug-likeness (QED) is 0.670. The summed E-state index contributed by atoms with van der Waals surface area (Å²) >= 11 is 1.57. The number of hydrogen-bond acceptors (Lipinski definition) is 4. The molecule has 2 aromatic rings. The molecule has 5 nitrogen and oxygen atoms in total. The van der Waals surface area contributed by atoms with Gasteiger partial charge in [-0.05, 0) is 29.8 Å². The van der Waals surface area contributed by atoms with E-state index in [9.17, 15) is 9.59 Å². The second kappa shape index (κ2) is 9.74. The number of carboxylic acids is 1. The van der Waals surface area contributed by atoms with E-state index in [1.807, 2.05) is 54.6 Å². The number of nitrogens with one attached hydrogen (secondary N) is 1. The molecule has 0 aliphatic carbocycles. The van der Waals surface area contributed by atoms with E-state index in [0.717, 1.165) is 16.2 Å². The van der Waals surface area contributed by atoms with Gasteiger partial charge in [-0.1, -0.05) is 30.3 Å². The summed E-state index contributed by atoms with van der Waals surface area (Å²) in [4.78, 5) is 24.3. The average Bonchev–Trinajstić information content (AvgIpc) is 2.62. The minimum Gasteiger partial charge on any atom is -0.497 e. The van der Waals surface area contributed by atoms with Crippen LogP contribution in [0.4, 0.5) is 0 Å². The van der Waals surface area contributed by atoms with Crippen molar-refractivity contribution in [3.8, 4) is 5.75 Å². The molecule has 0 radical (unpaired) electrons. The minimum absolute atomic E-state index is 0.138. The van der Waals surface area contributed by atoms with Crippen LogP contribution in [0.1, 0.15) is 24.4 Å². The van der Waals surface area contributed by atoms with Crippen molar-refractivity contribution in [1.29, 1.82) is 0 Å². The van der Waals surface area contributed by atoms with Crippen molar-refractivity contribution in [2.24, 2.45) is 0 Å². The third kappa shape index (κ3) is 6.51. The van der Waals surface area contributed by atoms with Crippen molar-refractivity contribution in [3.05, 3.63) is 60.2 Å². The van der Waals surface area contributed by atoms with Crippen molar-refractivity contribution in [3.63, 3.8) is 0 Å². The second-order valence-corrected chi connectivity index (χ2v) is 6.57. The highest BCUT2D eigenvalue weighted by Crippen LogP contribution is 2.22. The molecule has 1 amide bonds. The number of carbonyl (C=O) groups excluding carboxylic acids is 1. The number of hydrogen-bond donors (Lipinski definition) is 2. The molecule has 0 aliphatic heterocycles. The van der Waals surface area contributed by atoms with Gasteiger partial charge in [0.2, 0.25) is 5.91 Å². The number of benzene rings is 2. The van der Waals surface area contributed by atoms with Crippen molar-refractivity contribution in [2.45, 2.75) is 23.8 Å². The summed E-state index contributed by atoms with van der Waals surface area (Å²) < 4.78 is 5.11. The number of ether oxygens (including phenoxy) is 1. The Morgan fingerprint density at radius 1 is 1.12 bits per heavy atom. The maximum Gasteiger partial charge on any atom is 0.305 e. The summed E-state index contributed by atoms with van der Waals surface area (Å²) in [6, 6.07) is 16.3. The second-order valence-electron chi connectivity index (χ2n) is 5.40. The van der Waals surface area contributed by atoms with Gasteiger partial charge in [0.05, 0.1) is 19.6 Å². The SMILES string of the molecule is COc1ccc(SCCC(=O)NC(CC(=O)O)c2ccccc2)cc1. The van der Waals surface area contributed by atoms with Crippen LogP contribution in [0.2, 0.25) is 0 Å².